The average Bonchev–Trinajstić information content (AvgIpc) is 2.71. The summed E-state index contributed by atoms with van der Waals surface area (Å²) in [6, 6.07) is 4.87. The van der Waals surface area contributed by atoms with Crippen LogP contribution >= 0.6 is 0 Å². The van der Waals surface area contributed by atoms with Crippen LogP contribution in [0.4, 0.5) is 26.1 Å². The summed E-state index contributed by atoms with van der Waals surface area (Å²) < 4.78 is 26.6. The zero-order valence-corrected chi connectivity index (χ0v) is 10.4. The van der Waals surface area contributed by atoms with Gasteiger partial charge in [-0.25, -0.2) is 13.8 Å². The molecule has 2 heterocycles. The molecule has 0 saturated carbocycles. The Labute approximate surface area is 117 Å². The number of nitrogen functional groups attached to an aromatic ring is 1. The van der Waals surface area contributed by atoms with Gasteiger partial charge in [-0.3, -0.25) is 14.9 Å². The van der Waals surface area contributed by atoms with Gasteiger partial charge in [0, 0.05) is 11.8 Å². The van der Waals surface area contributed by atoms with Crippen molar-refractivity contribution in [2.75, 3.05) is 11.1 Å². The fourth-order valence-electron chi connectivity index (χ4n) is 1.95. The maximum atomic E-state index is 13.6. The lowest BCUT2D eigenvalue weighted by molar-refractivity contribution is 0.0879. The number of halogens is 2. The fraction of sp³-hybridized carbons (Fsp3) is 0. The number of carbonyl (C=O) groups excluding carboxylic acids is 2. The Bertz CT molecular complexity index is 792. The van der Waals surface area contributed by atoms with Gasteiger partial charge >= 0.3 is 0 Å². The van der Waals surface area contributed by atoms with Gasteiger partial charge < -0.3 is 11.1 Å². The Kier molecular flexibility index (Phi) is 2.79. The predicted molar refractivity (Wildman–Crippen MR) is 70.1 cm³/mol. The first-order valence-corrected chi connectivity index (χ1v) is 5.84. The molecule has 0 radical (unpaired) electrons. The number of fused-ring (bicyclic) bond motifs is 1. The Hall–Kier alpha value is -3.03. The Morgan fingerprint density at radius 1 is 1.05 bits per heavy atom. The normalized spacial score (nSPS) is 13.0. The van der Waals surface area contributed by atoms with Gasteiger partial charge in [-0.05, 0) is 18.2 Å². The molecule has 1 aliphatic rings. The largest absolute Gasteiger partial charge is 0.381 e. The topological polar surface area (TPSA) is 97.1 Å². The number of hydrogen-bond donors (Lipinski definition) is 3. The number of amides is 2. The molecule has 4 N–H and O–H groups in total. The van der Waals surface area contributed by atoms with Crippen molar-refractivity contribution in [3.05, 3.63) is 47.0 Å². The number of aromatic nitrogens is 1. The molecule has 0 aliphatic carbocycles. The van der Waals surface area contributed by atoms with Crippen LogP contribution < -0.4 is 16.4 Å². The molecule has 21 heavy (non-hydrogen) atoms. The predicted octanol–water partition coefficient (Wildman–Crippen LogP) is 1.57. The van der Waals surface area contributed by atoms with E-state index in [4.69, 9.17) is 5.73 Å². The summed E-state index contributed by atoms with van der Waals surface area (Å²) in [4.78, 5) is 26.5. The summed E-state index contributed by atoms with van der Waals surface area (Å²) in [5.74, 6) is -3.64. The van der Waals surface area contributed by atoms with E-state index in [0.717, 1.165) is 0 Å². The second-order valence-electron chi connectivity index (χ2n) is 4.35. The lowest BCUT2D eigenvalue weighted by atomic mass is 10.1. The van der Waals surface area contributed by atoms with Gasteiger partial charge in [-0.1, -0.05) is 0 Å². The number of rotatable bonds is 2. The first kappa shape index (κ1) is 13.0. The molecule has 106 valence electrons. The quantitative estimate of drug-likeness (QED) is 0.729. The molecular formula is C13H8F2N4O2. The number of carbonyl (C=O) groups is 2. The van der Waals surface area contributed by atoms with E-state index in [1.807, 2.05) is 0 Å². The minimum Gasteiger partial charge on any atom is -0.381 e. The van der Waals surface area contributed by atoms with Crippen molar-refractivity contribution in [3.63, 3.8) is 0 Å². The highest BCUT2D eigenvalue weighted by Crippen LogP contribution is 2.24. The molecule has 2 aromatic rings. The van der Waals surface area contributed by atoms with Crippen LogP contribution in [0.3, 0.4) is 0 Å². The molecule has 0 saturated heterocycles. The fourth-order valence-corrected chi connectivity index (χ4v) is 1.95. The molecular weight excluding hydrogens is 282 g/mol. The van der Waals surface area contributed by atoms with E-state index >= 15 is 0 Å². The third kappa shape index (κ3) is 2.16. The number of nitrogens with one attached hydrogen (secondary N) is 2. The van der Waals surface area contributed by atoms with Gasteiger partial charge in [0.15, 0.2) is 23.3 Å². The average molecular weight is 290 g/mol. The van der Waals surface area contributed by atoms with Crippen LogP contribution in [0.2, 0.25) is 0 Å². The maximum absolute atomic E-state index is 13.6. The number of imide groups is 1. The van der Waals surface area contributed by atoms with E-state index < -0.39 is 29.3 Å². The molecule has 1 aromatic carbocycles. The van der Waals surface area contributed by atoms with Crippen molar-refractivity contribution in [1.29, 1.82) is 0 Å². The molecule has 0 spiro atoms. The minimum atomic E-state index is -0.961. The Morgan fingerprint density at radius 2 is 1.76 bits per heavy atom. The Balaban J connectivity index is 1.97. The summed E-state index contributed by atoms with van der Waals surface area (Å²) >= 11 is 0. The SMILES string of the molecule is Nc1nc(Nc2ccc3c(c2)C(=O)NC3=O)c(F)cc1F. The second-order valence-corrected chi connectivity index (χ2v) is 4.35. The summed E-state index contributed by atoms with van der Waals surface area (Å²) in [7, 11) is 0. The third-order valence-electron chi connectivity index (χ3n) is 2.96. The molecule has 1 aromatic heterocycles. The van der Waals surface area contributed by atoms with E-state index in [0.29, 0.717) is 11.8 Å². The molecule has 0 fully saturated rings. The van der Waals surface area contributed by atoms with Crippen LogP contribution in [-0.4, -0.2) is 16.8 Å². The monoisotopic (exact) mass is 290 g/mol. The lowest BCUT2D eigenvalue weighted by Crippen LogP contribution is -2.19. The van der Waals surface area contributed by atoms with Crippen molar-refractivity contribution < 1.29 is 18.4 Å². The second kappa shape index (κ2) is 4.51. The molecule has 6 nitrogen and oxygen atoms in total. The van der Waals surface area contributed by atoms with Crippen LogP contribution in [0.1, 0.15) is 20.7 Å². The highest BCUT2D eigenvalue weighted by Gasteiger charge is 2.26. The minimum absolute atomic E-state index is 0.167. The molecule has 3 rings (SSSR count). The van der Waals surface area contributed by atoms with E-state index in [1.54, 1.807) is 0 Å². The third-order valence-corrected chi connectivity index (χ3v) is 2.96. The van der Waals surface area contributed by atoms with Gasteiger partial charge in [0.25, 0.3) is 11.8 Å². The van der Waals surface area contributed by atoms with Gasteiger partial charge in [-0.2, -0.15) is 0 Å². The van der Waals surface area contributed by atoms with Gasteiger partial charge in [0.05, 0.1) is 11.1 Å². The molecule has 0 atom stereocenters. The van der Waals surface area contributed by atoms with Gasteiger partial charge in [0.1, 0.15) is 0 Å². The number of anilines is 3. The summed E-state index contributed by atoms with van der Waals surface area (Å²) in [6.45, 7) is 0. The van der Waals surface area contributed by atoms with Crippen LogP contribution in [0.25, 0.3) is 0 Å². The maximum Gasteiger partial charge on any atom is 0.259 e. The van der Waals surface area contributed by atoms with Crippen LogP contribution in [-0.2, 0) is 0 Å². The smallest absolute Gasteiger partial charge is 0.259 e. The van der Waals surface area contributed by atoms with E-state index in [9.17, 15) is 18.4 Å². The number of nitrogens with two attached hydrogens (primary N) is 1. The van der Waals surface area contributed by atoms with Crippen molar-refractivity contribution in [3.8, 4) is 0 Å². The summed E-state index contributed by atoms with van der Waals surface area (Å²) in [5, 5.41) is 4.72. The molecule has 0 unspecified atom stereocenters. The zero-order valence-electron chi connectivity index (χ0n) is 10.4. The first-order valence-electron chi connectivity index (χ1n) is 5.84. The van der Waals surface area contributed by atoms with Crippen LogP contribution in [0.15, 0.2) is 24.3 Å². The van der Waals surface area contributed by atoms with Crippen molar-refractivity contribution >= 4 is 29.1 Å². The lowest BCUT2D eigenvalue weighted by Gasteiger charge is -2.08. The van der Waals surface area contributed by atoms with E-state index in [-0.39, 0.29) is 16.9 Å². The highest BCUT2D eigenvalue weighted by molar-refractivity contribution is 6.21. The van der Waals surface area contributed by atoms with Gasteiger partial charge in [0.2, 0.25) is 0 Å². The summed E-state index contributed by atoms with van der Waals surface area (Å²) in [6.07, 6.45) is 0. The van der Waals surface area contributed by atoms with Crippen molar-refractivity contribution in [2.24, 2.45) is 0 Å². The number of nitrogens with zero attached hydrogens (tertiary/aromatic N) is 1. The standard InChI is InChI=1S/C13H8F2N4O2/c14-8-4-9(15)11(18-10(8)16)17-5-1-2-6-7(3-5)13(21)19-12(6)20/h1-4H,(H3,16,17,18)(H,19,20,21). The molecule has 2 amide bonds. The van der Waals surface area contributed by atoms with E-state index in [1.165, 1.54) is 18.2 Å². The number of benzene rings is 1. The van der Waals surface area contributed by atoms with Crippen LogP contribution in [0, 0.1) is 11.6 Å². The first-order chi connectivity index (χ1) is 9.95. The number of pyridine rings is 1. The molecule has 1 aliphatic heterocycles. The van der Waals surface area contributed by atoms with Gasteiger partial charge in [-0.15, -0.1) is 0 Å². The highest BCUT2D eigenvalue weighted by atomic mass is 19.1. The van der Waals surface area contributed by atoms with Crippen molar-refractivity contribution in [2.45, 2.75) is 0 Å². The van der Waals surface area contributed by atoms with E-state index in [2.05, 4.69) is 15.6 Å². The summed E-state index contributed by atoms with van der Waals surface area (Å²) in [5.41, 5.74) is 5.99. The van der Waals surface area contributed by atoms with Crippen molar-refractivity contribution in [1.82, 2.24) is 10.3 Å². The molecule has 0 bridgehead atoms. The van der Waals surface area contributed by atoms with Crippen LogP contribution in [0.5, 0.6) is 0 Å². The zero-order chi connectivity index (χ0) is 15.1. The Morgan fingerprint density at radius 3 is 2.52 bits per heavy atom. The molecule has 8 heteroatoms. The number of hydrogen-bond acceptors (Lipinski definition) is 5.